The summed E-state index contributed by atoms with van der Waals surface area (Å²) in [6.07, 6.45) is -3.72. The second-order valence-corrected chi connectivity index (χ2v) is 7.58. The molecule has 3 rings (SSSR count). The Morgan fingerprint density at radius 3 is 2.09 bits per heavy atom. The van der Waals surface area contributed by atoms with Crippen LogP contribution in [0.1, 0.15) is 33.3 Å². The Hall–Kier alpha value is -3.82. The van der Waals surface area contributed by atoms with Crippen molar-refractivity contribution in [1.29, 1.82) is 0 Å². The summed E-state index contributed by atoms with van der Waals surface area (Å²) in [6, 6.07) is 14.9. The van der Waals surface area contributed by atoms with Crippen molar-refractivity contribution in [3.63, 3.8) is 0 Å². The molecule has 0 spiro atoms. The maximum Gasteiger partial charge on any atom is 0.435 e. The lowest BCUT2D eigenvalue weighted by Crippen LogP contribution is -2.37. The molecule has 0 radical (unpaired) electrons. The van der Waals surface area contributed by atoms with Crippen LogP contribution in [0, 0.1) is 0 Å². The molecule has 1 aromatic heterocycles. The number of amides is 2. The van der Waals surface area contributed by atoms with Crippen molar-refractivity contribution in [3.8, 4) is 11.4 Å². The van der Waals surface area contributed by atoms with Crippen LogP contribution in [0.2, 0.25) is 0 Å². The fraction of sp³-hybridized carbons (Fsp3) is 0.292. The lowest BCUT2D eigenvalue weighted by molar-refractivity contribution is -0.141. The molecule has 0 saturated carbocycles. The zero-order chi connectivity index (χ0) is 24.9. The first-order valence-corrected chi connectivity index (χ1v) is 10.6. The van der Waals surface area contributed by atoms with Gasteiger partial charge in [0.1, 0.15) is 5.75 Å². The Balaban J connectivity index is 1.70. The van der Waals surface area contributed by atoms with Gasteiger partial charge >= 0.3 is 6.18 Å². The molecule has 3 aromatic rings. The number of aromatic nitrogens is 2. The van der Waals surface area contributed by atoms with Crippen LogP contribution in [0.25, 0.3) is 5.69 Å². The minimum Gasteiger partial charge on any atom is -0.494 e. The molecule has 0 aliphatic carbocycles. The Morgan fingerprint density at radius 2 is 1.53 bits per heavy atom. The Kier molecular flexibility index (Phi) is 7.60. The molecule has 0 bridgehead atoms. The number of hydrogen-bond donors (Lipinski definition) is 0. The lowest BCUT2D eigenvalue weighted by atomic mass is 10.2. The number of nitrogens with zero attached hydrogens (tertiary/aromatic N) is 4. The largest absolute Gasteiger partial charge is 0.494 e. The van der Waals surface area contributed by atoms with Gasteiger partial charge in [0, 0.05) is 38.9 Å². The highest BCUT2D eigenvalue weighted by Crippen LogP contribution is 2.32. The SMILES string of the molecule is CCOc1ccc(C(=O)N(C)CCN(C)C(=O)c2cn(-c3ccccc3)nc2C(F)(F)F)cc1. The third kappa shape index (κ3) is 5.75. The van der Waals surface area contributed by atoms with Crippen LogP contribution in [-0.2, 0) is 6.18 Å². The number of likely N-dealkylation sites (N-methyl/N-ethyl adjacent to an activating group) is 2. The molecule has 0 N–H and O–H groups in total. The van der Waals surface area contributed by atoms with Crippen LogP contribution in [0.4, 0.5) is 13.2 Å². The van der Waals surface area contributed by atoms with Crippen molar-refractivity contribution in [1.82, 2.24) is 19.6 Å². The van der Waals surface area contributed by atoms with E-state index in [2.05, 4.69) is 5.10 Å². The van der Waals surface area contributed by atoms with E-state index in [9.17, 15) is 22.8 Å². The second kappa shape index (κ2) is 10.4. The first-order valence-electron chi connectivity index (χ1n) is 10.6. The number of alkyl halides is 3. The maximum atomic E-state index is 13.6. The second-order valence-electron chi connectivity index (χ2n) is 7.58. The molecule has 0 aliphatic heterocycles. The van der Waals surface area contributed by atoms with Gasteiger partial charge in [0.25, 0.3) is 11.8 Å². The number of rotatable bonds is 8. The standard InChI is InChI=1S/C24H25F3N4O3/c1-4-34-19-12-10-17(11-13-19)22(32)29(2)14-15-30(3)23(33)20-16-31(18-8-6-5-7-9-18)28-21(20)24(25,26)27/h5-13,16H,4,14-15H2,1-3H3. The Bertz CT molecular complexity index is 1130. The van der Waals surface area contributed by atoms with Gasteiger partial charge in [0.2, 0.25) is 0 Å². The summed E-state index contributed by atoms with van der Waals surface area (Å²) in [7, 11) is 2.95. The van der Waals surface area contributed by atoms with E-state index in [1.54, 1.807) is 61.6 Å². The molecule has 2 aromatic carbocycles. The van der Waals surface area contributed by atoms with Crippen LogP contribution in [0.15, 0.2) is 60.8 Å². The highest BCUT2D eigenvalue weighted by atomic mass is 19.4. The first-order chi connectivity index (χ1) is 16.1. The van der Waals surface area contributed by atoms with Crippen molar-refractivity contribution in [2.24, 2.45) is 0 Å². The van der Waals surface area contributed by atoms with Gasteiger partial charge in [-0.1, -0.05) is 18.2 Å². The number of para-hydroxylation sites is 1. The third-order valence-corrected chi connectivity index (χ3v) is 5.11. The van der Waals surface area contributed by atoms with E-state index < -0.39 is 23.3 Å². The molecule has 0 aliphatic rings. The molecule has 1 heterocycles. The van der Waals surface area contributed by atoms with Gasteiger partial charge in [-0.15, -0.1) is 0 Å². The van der Waals surface area contributed by atoms with E-state index in [-0.39, 0.29) is 19.0 Å². The smallest absolute Gasteiger partial charge is 0.435 e. The van der Waals surface area contributed by atoms with Crippen molar-refractivity contribution < 1.29 is 27.5 Å². The van der Waals surface area contributed by atoms with Gasteiger partial charge in [0.05, 0.1) is 17.9 Å². The first kappa shape index (κ1) is 24.8. The average molecular weight is 474 g/mol. The summed E-state index contributed by atoms with van der Waals surface area (Å²) in [5.74, 6) is -0.475. The summed E-state index contributed by atoms with van der Waals surface area (Å²) in [5, 5.41) is 3.61. The number of carbonyl (C=O) groups excluding carboxylic acids is 2. The van der Waals surface area contributed by atoms with E-state index in [0.29, 0.717) is 23.6 Å². The van der Waals surface area contributed by atoms with Crippen LogP contribution >= 0.6 is 0 Å². The fourth-order valence-corrected chi connectivity index (χ4v) is 3.24. The van der Waals surface area contributed by atoms with Crippen molar-refractivity contribution in [2.45, 2.75) is 13.1 Å². The van der Waals surface area contributed by atoms with Crippen molar-refractivity contribution >= 4 is 11.8 Å². The van der Waals surface area contributed by atoms with E-state index >= 15 is 0 Å². The fourth-order valence-electron chi connectivity index (χ4n) is 3.24. The van der Waals surface area contributed by atoms with Crippen LogP contribution in [0.3, 0.4) is 0 Å². The monoisotopic (exact) mass is 474 g/mol. The number of ether oxygens (including phenoxy) is 1. The molecule has 2 amide bonds. The minimum atomic E-state index is -4.80. The zero-order valence-corrected chi connectivity index (χ0v) is 19.0. The van der Waals surface area contributed by atoms with Gasteiger partial charge in [-0.05, 0) is 43.3 Å². The molecule has 34 heavy (non-hydrogen) atoms. The van der Waals surface area contributed by atoms with Crippen LogP contribution in [-0.4, -0.2) is 65.2 Å². The topological polar surface area (TPSA) is 67.7 Å². The summed E-state index contributed by atoms with van der Waals surface area (Å²) in [6.45, 7) is 2.53. The number of benzene rings is 2. The summed E-state index contributed by atoms with van der Waals surface area (Å²) >= 11 is 0. The Labute approximate surface area is 195 Å². The molecule has 7 nitrogen and oxygen atoms in total. The van der Waals surface area contributed by atoms with Crippen molar-refractivity contribution in [3.05, 3.63) is 77.6 Å². The Morgan fingerprint density at radius 1 is 0.941 bits per heavy atom. The van der Waals surface area contributed by atoms with Gasteiger partial charge < -0.3 is 14.5 Å². The molecular formula is C24H25F3N4O3. The molecule has 0 unspecified atom stereocenters. The van der Waals surface area contributed by atoms with E-state index in [1.807, 2.05) is 6.92 Å². The van der Waals surface area contributed by atoms with Gasteiger partial charge in [-0.25, -0.2) is 4.68 Å². The summed E-state index contributed by atoms with van der Waals surface area (Å²) in [5.41, 5.74) is -0.981. The number of halogens is 3. The van der Waals surface area contributed by atoms with Gasteiger partial charge in [-0.2, -0.15) is 18.3 Å². The minimum absolute atomic E-state index is 0.0336. The third-order valence-electron chi connectivity index (χ3n) is 5.11. The van der Waals surface area contributed by atoms with Gasteiger partial charge in [-0.3, -0.25) is 9.59 Å². The van der Waals surface area contributed by atoms with Crippen molar-refractivity contribution in [2.75, 3.05) is 33.8 Å². The highest BCUT2D eigenvalue weighted by molar-refractivity contribution is 5.96. The van der Waals surface area contributed by atoms with Gasteiger partial charge in [0.15, 0.2) is 5.69 Å². The number of carbonyl (C=O) groups is 2. The molecular weight excluding hydrogens is 449 g/mol. The molecule has 10 heteroatoms. The zero-order valence-electron chi connectivity index (χ0n) is 19.0. The normalized spacial score (nSPS) is 11.2. The number of hydrogen-bond acceptors (Lipinski definition) is 4. The average Bonchev–Trinajstić information content (AvgIpc) is 3.29. The quantitative estimate of drug-likeness (QED) is 0.492. The van der Waals surface area contributed by atoms with E-state index in [0.717, 1.165) is 15.8 Å². The maximum absolute atomic E-state index is 13.6. The summed E-state index contributed by atoms with van der Waals surface area (Å²) in [4.78, 5) is 28.0. The molecule has 0 fully saturated rings. The highest BCUT2D eigenvalue weighted by Gasteiger charge is 2.40. The van der Waals surface area contributed by atoms with Crippen LogP contribution < -0.4 is 4.74 Å². The predicted molar refractivity (Wildman–Crippen MR) is 120 cm³/mol. The predicted octanol–water partition coefficient (Wildman–Crippen LogP) is 4.13. The van der Waals surface area contributed by atoms with E-state index in [1.165, 1.54) is 11.9 Å². The lowest BCUT2D eigenvalue weighted by Gasteiger charge is -2.22. The van der Waals surface area contributed by atoms with Crippen LogP contribution in [0.5, 0.6) is 5.75 Å². The molecule has 0 atom stereocenters. The molecule has 0 saturated heterocycles. The van der Waals surface area contributed by atoms with E-state index in [4.69, 9.17) is 4.74 Å². The molecule has 180 valence electrons. The summed E-state index contributed by atoms with van der Waals surface area (Å²) < 4.78 is 47.1.